The zero-order valence-corrected chi connectivity index (χ0v) is 24.4. The van der Waals surface area contributed by atoms with E-state index in [9.17, 15) is 9.59 Å². The van der Waals surface area contributed by atoms with E-state index in [1.807, 2.05) is 84.9 Å². The summed E-state index contributed by atoms with van der Waals surface area (Å²) >= 11 is 0. The number of ether oxygens (including phenoxy) is 1. The Kier molecular flexibility index (Phi) is 6.85. The predicted molar refractivity (Wildman–Crippen MR) is 162 cm³/mol. The molecule has 5 heteroatoms. The number of Topliss-reactive ketones (excluding diaryl/α,β-unsaturated/α-hetero) is 2. The van der Waals surface area contributed by atoms with Gasteiger partial charge in [-0.1, -0.05) is 94.4 Å². The van der Waals surface area contributed by atoms with E-state index in [1.54, 1.807) is 0 Å². The van der Waals surface area contributed by atoms with Crippen LogP contribution in [0.5, 0.6) is 5.75 Å². The second-order valence-corrected chi connectivity index (χ2v) is 13.2. The van der Waals surface area contributed by atoms with Crippen LogP contribution in [-0.4, -0.2) is 16.6 Å². The molecule has 0 fully saturated rings. The van der Waals surface area contributed by atoms with Crippen LogP contribution in [0.1, 0.15) is 70.4 Å². The van der Waals surface area contributed by atoms with Gasteiger partial charge in [-0.05, 0) is 47.4 Å². The molecule has 0 unspecified atom stereocenters. The average molecular weight is 547 g/mol. The lowest BCUT2D eigenvalue weighted by molar-refractivity contribution is -0.119. The molecule has 1 heterocycles. The summed E-state index contributed by atoms with van der Waals surface area (Å²) in [6, 6.07) is 28.0. The average Bonchev–Trinajstić information content (AvgIpc) is 2.93. The van der Waals surface area contributed by atoms with Crippen LogP contribution < -0.4 is 10.2 Å². The summed E-state index contributed by atoms with van der Waals surface area (Å²) in [5.74, 6) is 0.444. The Balaban J connectivity index is 1.53. The Labute approximate surface area is 242 Å². The smallest absolute Gasteiger partial charge is 0.162 e. The van der Waals surface area contributed by atoms with Crippen LogP contribution in [0.4, 0.5) is 5.69 Å². The Morgan fingerprint density at radius 1 is 0.707 bits per heavy atom. The van der Waals surface area contributed by atoms with Crippen molar-refractivity contribution in [2.75, 3.05) is 5.43 Å². The Morgan fingerprint density at radius 2 is 1.22 bits per heavy atom. The van der Waals surface area contributed by atoms with Gasteiger partial charge in [0.15, 0.2) is 11.6 Å². The first-order valence-corrected chi connectivity index (χ1v) is 14.5. The van der Waals surface area contributed by atoms with E-state index in [-0.39, 0.29) is 22.4 Å². The molecule has 210 valence electrons. The molecule has 1 N–H and O–H groups in total. The second-order valence-electron chi connectivity index (χ2n) is 13.2. The van der Waals surface area contributed by atoms with Gasteiger partial charge < -0.3 is 4.74 Å². The number of rotatable bonds is 6. The highest BCUT2D eigenvalue weighted by Crippen LogP contribution is 2.55. The second kappa shape index (κ2) is 10.4. The SMILES string of the molecule is CC1(C)CC(=O)C2=C(C1)N(Nc1ccccc1)C1=C(C(=O)CC(C)(C)C1)C2c1ccccc1OCc1ccccc1. The first-order chi connectivity index (χ1) is 19.6. The number of nitrogens with one attached hydrogen (secondary N) is 1. The van der Waals surface area contributed by atoms with Crippen molar-refractivity contribution in [2.45, 2.75) is 65.9 Å². The summed E-state index contributed by atoms with van der Waals surface area (Å²) in [4.78, 5) is 28.3. The maximum absolute atomic E-state index is 14.1. The number of hydrogen-bond acceptors (Lipinski definition) is 5. The van der Waals surface area contributed by atoms with Crippen molar-refractivity contribution >= 4 is 17.3 Å². The monoisotopic (exact) mass is 546 g/mol. The van der Waals surface area contributed by atoms with Gasteiger partial charge in [0, 0.05) is 46.9 Å². The lowest BCUT2D eigenvalue weighted by Crippen LogP contribution is -2.46. The Morgan fingerprint density at radius 3 is 1.80 bits per heavy atom. The third-order valence-electron chi connectivity index (χ3n) is 8.39. The van der Waals surface area contributed by atoms with Gasteiger partial charge >= 0.3 is 0 Å². The van der Waals surface area contributed by atoms with Crippen molar-refractivity contribution in [1.29, 1.82) is 0 Å². The van der Waals surface area contributed by atoms with Crippen molar-refractivity contribution in [3.8, 4) is 5.75 Å². The van der Waals surface area contributed by atoms with E-state index in [2.05, 4.69) is 38.1 Å². The summed E-state index contributed by atoms with van der Waals surface area (Å²) in [7, 11) is 0. The highest BCUT2D eigenvalue weighted by molar-refractivity contribution is 6.07. The number of anilines is 1. The highest BCUT2D eigenvalue weighted by Gasteiger charge is 2.49. The molecule has 3 aliphatic rings. The third-order valence-corrected chi connectivity index (χ3v) is 8.39. The van der Waals surface area contributed by atoms with Gasteiger partial charge in [0.25, 0.3) is 0 Å². The van der Waals surface area contributed by atoms with Crippen LogP contribution in [-0.2, 0) is 16.2 Å². The van der Waals surface area contributed by atoms with Gasteiger partial charge in [-0.3, -0.25) is 20.0 Å². The molecule has 5 nitrogen and oxygen atoms in total. The quantitative estimate of drug-likeness (QED) is 0.340. The Hall–Kier alpha value is -4.12. The number of benzene rings is 3. The molecule has 0 spiro atoms. The summed E-state index contributed by atoms with van der Waals surface area (Å²) in [6.07, 6.45) is 2.33. The number of hydrazine groups is 1. The number of carbonyl (C=O) groups excluding carboxylic acids is 2. The molecule has 0 saturated heterocycles. The lowest BCUT2D eigenvalue weighted by Gasteiger charge is -2.49. The van der Waals surface area contributed by atoms with Crippen molar-refractivity contribution in [3.05, 3.63) is 119 Å². The predicted octanol–water partition coefficient (Wildman–Crippen LogP) is 7.98. The normalized spacial score (nSPS) is 20.0. The van der Waals surface area contributed by atoms with Crippen LogP contribution in [0.25, 0.3) is 0 Å². The standard InChI is InChI=1S/C36H38N2O3/c1-35(2)19-27-33(29(39)21-35)32(26-17-11-12-18-31(26)41-23-24-13-7-5-8-14-24)34-28(20-36(3,4)22-30(34)40)38(27)37-25-15-9-6-10-16-25/h5-18,32,37H,19-23H2,1-4H3. The molecule has 1 aliphatic heterocycles. The van der Waals surface area contributed by atoms with Crippen LogP contribution >= 0.6 is 0 Å². The van der Waals surface area contributed by atoms with Crippen LogP contribution in [0.3, 0.4) is 0 Å². The molecule has 0 saturated carbocycles. The van der Waals surface area contributed by atoms with Crippen molar-refractivity contribution in [1.82, 2.24) is 5.01 Å². The molecule has 3 aromatic carbocycles. The zero-order chi connectivity index (χ0) is 28.8. The van der Waals surface area contributed by atoms with Gasteiger partial charge in [0.1, 0.15) is 12.4 Å². The molecule has 2 aliphatic carbocycles. The number of carbonyl (C=O) groups is 2. The molecule has 3 aromatic rings. The fourth-order valence-corrected chi connectivity index (χ4v) is 6.64. The summed E-state index contributed by atoms with van der Waals surface area (Å²) in [5, 5.41) is 2.08. The molecule has 0 atom stereocenters. The fourth-order valence-electron chi connectivity index (χ4n) is 6.64. The first-order valence-electron chi connectivity index (χ1n) is 14.5. The fraction of sp³-hybridized carbons (Fsp3) is 0.333. The van der Waals surface area contributed by atoms with Gasteiger partial charge in [-0.2, -0.15) is 0 Å². The molecule has 6 rings (SSSR count). The number of para-hydroxylation sites is 2. The van der Waals surface area contributed by atoms with Crippen LogP contribution in [0, 0.1) is 10.8 Å². The van der Waals surface area contributed by atoms with Crippen molar-refractivity contribution in [3.63, 3.8) is 0 Å². The molecule has 0 aromatic heterocycles. The Bertz CT molecular complexity index is 1500. The van der Waals surface area contributed by atoms with Gasteiger partial charge in [-0.25, -0.2) is 0 Å². The summed E-state index contributed by atoms with van der Waals surface area (Å²) in [6.45, 7) is 9.02. The van der Waals surface area contributed by atoms with Gasteiger partial charge in [0.2, 0.25) is 0 Å². The van der Waals surface area contributed by atoms with E-state index in [0.29, 0.717) is 25.2 Å². The van der Waals surface area contributed by atoms with E-state index in [4.69, 9.17) is 4.74 Å². The topological polar surface area (TPSA) is 58.6 Å². The number of hydrogen-bond donors (Lipinski definition) is 1. The van der Waals surface area contributed by atoms with Gasteiger partial charge in [-0.15, -0.1) is 0 Å². The molecule has 0 radical (unpaired) electrons. The van der Waals surface area contributed by atoms with Crippen LogP contribution in [0.2, 0.25) is 0 Å². The van der Waals surface area contributed by atoms with Crippen molar-refractivity contribution < 1.29 is 14.3 Å². The lowest BCUT2D eigenvalue weighted by atomic mass is 9.64. The van der Waals surface area contributed by atoms with E-state index in [0.717, 1.165) is 52.2 Å². The minimum Gasteiger partial charge on any atom is -0.489 e. The first kappa shape index (κ1) is 27.1. The molecule has 0 bridgehead atoms. The van der Waals surface area contributed by atoms with Gasteiger partial charge in [0.05, 0.1) is 5.69 Å². The largest absolute Gasteiger partial charge is 0.489 e. The molecule has 0 amide bonds. The third kappa shape index (κ3) is 5.33. The number of nitrogens with zero attached hydrogens (tertiary/aromatic N) is 1. The van der Waals surface area contributed by atoms with E-state index in [1.165, 1.54) is 0 Å². The maximum Gasteiger partial charge on any atom is 0.162 e. The van der Waals surface area contributed by atoms with Crippen molar-refractivity contribution in [2.24, 2.45) is 10.8 Å². The minimum atomic E-state index is -0.465. The molecule has 41 heavy (non-hydrogen) atoms. The summed E-state index contributed by atoms with van der Waals surface area (Å²) < 4.78 is 6.41. The number of allylic oxidation sites excluding steroid dienone is 4. The maximum atomic E-state index is 14.1. The van der Waals surface area contributed by atoms with E-state index < -0.39 is 5.92 Å². The molecular weight excluding hydrogens is 508 g/mol. The minimum absolute atomic E-state index is 0.100. The summed E-state index contributed by atoms with van der Waals surface area (Å²) in [5.41, 5.74) is 9.43. The highest BCUT2D eigenvalue weighted by atomic mass is 16.5. The molecular formula is C36H38N2O3. The zero-order valence-electron chi connectivity index (χ0n) is 24.4. The van der Waals surface area contributed by atoms with Crippen LogP contribution in [0.15, 0.2) is 107 Å². The van der Waals surface area contributed by atoms with E-state index >= 15 is 0 Å². The number of ketones is 2.